The fourth-order valence-corrected chi connectivity index (χ4v) is 4.68. The van der Waals surface area contributed by atoms with E-state index < -0.39 is 0 Å². The van der Waals surface area contributed by atoms with Crippen molar-refractivity contribution < 1.29 is 0 Å². The highest BCUT2D eigenvalue weighted by molar-refractivity contribution is 9.10. The van der Waals surface area contributed by atoms with Crippen LogP contribution in [0, 0.1) is 0 Å². The number of anilines is 1. The number of thioether (sulfide) groups is 1. The summed E-state index contributed by atoms with van der Waals surface area (Å²) in [5.74, 6) is 1.81. The predicted molar refractivity (Wildman–Crippen MR) is 91.4 cm³/mol. The summed E-state index contributed by atoms with van der Waals surface area (Å²) in [6.07, 6.45) is 3.85. The van der Waals surface area contributed by atoms with Gasteiger partial charge in [0.25, 0.3) is 0 Å². The zero-order valence-electron chi connectivity index (χ0n) is 11.3. The molecule has 2 aromatic rings. The second-order valence-corrected chi connectivity index (χ2v) is 7.21. The van der Waals surface area contributed by atoms with Gasteiger partial charge in [0.15, 0.2) is 0 Å². The van der Waals surface area contributed by atoms with E-state index in [-0.39, 0.29) is 0 Å². The molecule has 0 aromatic heterocycles. The molecular formula is C17H18BrNS. The molecule has 104 valence electrons. The van der Waals surface area contributed by atoms with E-state index in [2.05, 4.69) is 46.3 Å². The second kappa shape index (κ2) is 6.23. The summed E-state index contributed by atoms with van der Waals surface area (Å²) in [6.45, 7) is 0. The van der Waals surface area contributed by atoms with Gasteiger partial charge < -0.3 is 5.73 Å². The highest BCUT2D eigenvalue weighted by Gasteiger charge is 2.20. The Morgan fingerprint density at radius 3 is 2.90 bits per heavy atom. The molecule has 1 aliphatic rings. The van der Waals surface area contributed by atoms with Gasteiger partial charge >= 0.3 is 0 Å². The van der Waals surface area contributed by atoms with Gasteiger partial charge in [-0.2, -0.15) is 0 Å². The number of hydrogen-bond acceptors (Lipinski definition) is 2. The van der Waals surface area contributed by atoms with Crippen LogP contribution in [0.4, 0.5) is 5.69 Å². The van der Waals surface area contributed by atoms with E-state index >= 15 is 0 Å². The molecule has 20 heavy (non-hydrogen) atoms. The van der Waals surface area contributed by atoms with Crippen LogP contribution in [0.1, 0.15) is 29.9 Å². The van der Waals surface area contributed by atoms with Crippen LogP contribution in [-0.4, -0.2) is 5.75 Å². The summed E-state index contributed by atoms with van der Waals surface area (Å²) in [7, 11) is 0. The molecule has 1 aliphatic carbocycles. The van der Waals surface area contributed by atoms with Gasteiger partial charge in [-0.1, -0.05) is 24.3 Å². The van der Waals surface area contributed by atoms with Gasteiger partial charge in [-0.25, -0.2) is 0 Å². The van der Waals surface area contributed by atoms with E-state index in [1.165, 1.54) is 24.2 Å². The number of halogens is 1. The Labute approximate surface area is 133 Å². The average Bonchev–Trinajstić information content (AvgIpc) is 2.46. The number of nitrogen functional groups attached to an aromatic ring is 1. The van der Waals surface area contributed by atoms with Gasteiger partial charge in [0.05, 0.1) is 0 Å². The Balaban J connectivity index is 1.73. The monoisotopic (exact) mass is 347 g/mol. The van der Waals surface area contributed by atoms with Gasteiger partial charge in [0.2, 0.25) is 0 Å². The number of benzene rings is 2. The lowest BCUT2D eigenvalue weighted by molar-refractivity contribution is 0.596. The van der Waals surface area contributed by atoms with Crippen LogP contribution in [-0.2, 0) is 6.42 Å². The van der Waals surface area contributed by atoms with Crippen LogP contribution in [0.3, 0.4) is 0 Å². The first-order valence-corrected chi connectivity index (χ1v) is 8.77. The van der Waals surface area contributed by atoms with Crippen molar-refractivity contribution in [1.29, 1.82) is 0 Å². The third-order valence-electron chi connectivity index (χ3n) is 3.89. The van der Waals surface area contributed by atoms with Crippen molar-refractivity contribution in [1.82, 2.24) is 0 Å². The van der Waals surface area contributed by atoms with Crippen LogP contribution in [0.25, 0.3) is 0 Å². The first-order valence-electron chi connectivity index (χ1n) is 6.99. The zero-order valence-corrected chi connectivity index (χ0v) is 13.7. The lowest BCUT2D eigenvalue weighted by atomic mass is 9.84. The molecule has 0 bridgehead atoms. The van der Waals surface area contributed by atoms with Crippen molar-refractivity contribution in [3.05, 3.63) is 58.1 Å². The molecule has 0 amide bonds. The summed E-state index contributed by atoms with van der Waals surface area (Å²) >= 11 is 5.53. The highest BCUT2D eigenvalue weighted by atomic mass is 79.9. The minimum atomic E-state index is 0.675. The van der Waals surface area contributed by atoms with Crippen LogP contribution in [0.5, 0.6) is 0 Å². The summed E-state index contributed by atoms with van der Waals surface area (Å²) in [5, 5.41) is 0. The van der Waals surface area contributed by atoms with Crippen molar-refractivity contribution in [2.75, 3.05) is 11.5 Å². The third kappa shape index (κ3) is 3.04. The van der Waals surface area contributed by atoms with Crippen LogP contribution in [0.15, 0.2) is 51.8 Å². The predicted octanol–water partition coefficient (Wildman–Crippen LogP) is 5.24. The van der Waals surface area contributed by atoms with E-state index in [0.717, 1.165) is 15.9 Å². The number of fused-ring (bicyclic) bond motifs is 1. The average molecular weight is 348 g/mol. The Bertz CT molecular complexity index is 612. The molecule has 1 atom stereocenters. The molecule has 0 heterocycles. The van der Waals surface area contributed by atoms with Crippen LogP contribution in [0.2, 0.25) is 0 Å². The largest absolute Gasteiger partial charge is 0.399 e. The number of aryl methyl sites for hydroxylation is 1. The molecular weight excluding hydrogens is 330 g/mol. The Kier molecular flexibility index (Phi) is 4.37. The molecule has 1 nitrogen and oxygen atoms in total. The van der Waals surface area contributed by atoms with Gasteiger partial charge in [0.1, 0.15) is 0 Å². The molecule has 0 aliphatic heterocycles. The maximum atomic E-state index is 5.79. The quantitative estimate of drug-likeness (QED) is 0.606. The van der Waals surface area contributed by atoms with Crippen molar-refractivity contribution in [3.63, 3.8) is 0 Å². The molecule has 3 heteroatoms. The molecule has 0 spiro atoms. The van der Waals surface area contributed by atoms with Crippen molar-refractivity contribution in [2.45, 2.75) is 30.1 Å². The molecule has 0 radical (unpaired) electrons. The van der Waals surface area contributed by atoms with Crippen molar-refractivity contribution in [2.24, 2.45) is 0 Å². The molecule has 3 rings (SSSR count). The van der Waals surface area contributed by atoms with Gasteiger partial charge in [-0.3, -0.25) is 0 Å². The maximum absolute atomic E-state index is 5.79. The number of hydrogen-bond donors (Lipinski definition) is 1. The first kappa shape index (κ1) is 14.0. The topological polar surface area (TPSA) is 26.0 Å². The van der Waals surface area contributed by atoms with E-state index in [9.17, 15) is 0 Å². The summed E-state index contributed by atoms with van der Waals surface area (Å²) in [5.41, 5.74) is 9.70. The highest BCUT2D eigenvalue weighted by Crippen LogP contribution is 2.37. The fourth-order valence-electron chi connectivity index (χ4n) is 2.85. The van der Waals surface area contributed by atoms with Gasteiger partial charge in [-0.05, 0) is 70.4 Å². The zero-order chi connectivity index (χ0) is 13.9. The molecule has 0 saturated carbocycles. The lowest BCUT2D eigenvalue weighted by Crippen LogP contribution is -2.11. The lowest BCUT2D eigenvalue weighted by Gasteiger charge is -2.25. The second-order valence-electron chi connectivity index (χ2n) is 5.29. The number of nitrogens with two attached hydrogens (primary N) is 1. The molecule has 0 fully saturated rings. The standard InChI is InChI=1S/C17H18BrNS/c18-16-10-14(19)8-9-17(16)20-11-13-6-3-5-12-4-1-2-7-15(12)13/h1-2,4,7-10,13H,3,5-6,11,19H2. The Morgan fingerprint density at radius 1 is 1.20 bits per heavy atom. The minimum absolute atomic E-state index is 0.675. The minimum Gasteiger partial charge on any atom is -0.399 e. The van der Waals surface area contributed by atoms with Crippen LogP contribution >= 0.6 is 27.7 Å². The van der Waals surface area contributed by atoms with Crippen molar-refractivity contribution in [3.8, 4) is 0 Å². The molecule has 1 unspecified atom stereocenters. The summed E-state index contributed by atoms with van der Waals surface area (Å²) in [6, 6.07) is 15.0. The van der Waals surface area contributed by atoms with E-state index in [4.69, 9.17) is 5.73 Å². The van der Waals surface area contributed by atoms with E-state index in [0.29, 0.717) is 5.92 Å². The smallest absolute Gasteiger partial charge is 0.0331 e. The third-order valence-corrected chi connectivity index (χ3v) is 6.04. The van der Waals surface area contributed by atoms with E-state index in [1.54, 1.807) is 11.1 Å². The Hall–Kier alpha value is -0.930. The molecule has 2 aromatic carbocycles. The van der Waals surface area contributed by atoms with Gasteiger partial charge in [0, 0.05) is 20.8 Å². The summed E-state index contributed by atoms with van der Waals surface area (Å²) < 4.78 is 1.10. The number of rotatable bonds is 3. The normalized spacial score (nSPS) is 17.8. The van der Waals surface area contributed by atoms with Crippen molar-refractivity contribution >= 4 is 33.4 Å². The van der Waals surface area contributed by atoms with E-state index in [1.807, 2.05) is 23.9 Å². The molecule has 2 N–H and O–H groups in total. The fraction of sp³-hybridized carbons (Fsp3) is 0.294. The SMILES string of the molecule is Nc1ccc(SCC2CCCc3ccccc32)c(Br)c1. The maximum Gasteiger partial charge on any atom is 0.0331 e. The first-order chi connectivity index (χ1) is 9.74. The Morgan fingerprint density at radius 2 is 2.05 bits per heavy atom. The summed E-state index contributed by atoms with van der Waals surface area (Å²) in [4.78, 5) is 1.28. The van der Waals surface area contributed by atoms with Gasteiger partial charge in [-0.15, -0.1) is 11.8 Å². The molecule has 0 saturated heterocycles. The van der Waals surface area contributed by atoms with Crippen LogP contribution < -0.4 is 5.73 Å².